The molecule has 0 amide bonds. The molecule has 0 aliphatic heterocycles. The van der Waals surface area contributed by atoms with E-state index in [0.717, 1.165) is 10.1 Å². The standard InChI is InChI=1S/C18H19BrN2O2/c1-18(2,3)13-9-6-12(7-10-13)8-11-14-15(19)16(22)21(5)17(23)20(14)4/h6-7,9-10H,1-5H3. The highest BCUT2D eigenvalue weighted by atomic mass is 79.9. The fraction of sp³-hybridized carbons (Fsp3) is 0.333. The lowest BCUT2D eigenvalue weighted by molar-refractivity contribution is 0.590. The van der Waals surface area contributed by atoms with E-state index in [-0.39, 0.29) is 11.0 Å². The summed E-state index contributed by atoms with van der Waals surface area (Å²) in [5, 5.41) is 0. The zero-order chi connectivity index (χ0) is 17.4. The number of benzene rings is 1. The van der Waals surface area contributed by atoms with Crippen LogP contribution in [0.15, 0.2) is 38.3 Å². The summed E-state index contributed by atoms with van der Waals surface area (Å²) in [6.45, 7) is 6.46. The number of nitrogens with zero attached hydrogens (tertiary/aromatic N) is 2. The molecule has 23 heavy (non-hydrogen) atoms. The van der Waals surface area contributed by atoms with Crippen LogP contribution in [0.25, 0.3) is 0 Å². The van der Waals surface area contributed by atoms with Crippen LogP contribution >= 0.6 is 15.9 Å². The van der Waals surface area contributed by atoms with E-state index in [0.29, 0.717) is 10.2 Å². The van der Waals surface area contributed by atoms with E-state index in [1.54, 1.807) is 7.05 Å². The molecule has 0 aliphatic rings. The van der Waals surface area contributed by atoms with Crippen LogP contribution in [0.2, 0.25) is 0 Å². The van der Waals surface area contributed by atoms with Crippen molar-refractivity contribution in [2.24, 2.45) is 14.1 Å². The Morgan fingerprint density at radius 3 is 2.04 bits per heavy atom. The number of rotatable bonds is 0. The van der Waals surface area contributed by atoms with Gasteiger partial charge in [-0.1, -0.05) is 38.8 Å². The molecule has 0 spiro atoms. The summed E-state index contributed by atoms with van der Waals surface area (Å²) in [7, 11) is 3.04. The second kappa shape index (κ2) is 6.21. The molecule has 1 aromatic carbocycles. The minimum atomic E-state index is -0.398. The van der Waals surface area contributed by atoms with Gasteiger partial charge in [-0.15, -0.1) is 0 Å². The molecule has 0 fully saturated rings. The average molecular weight is 375 g/mol. The third-order valence-corrected chi connectivity index (χ3v) is 4.40. The Bertz CT molecular complexity index is 880. The van der Waals surface area contributed by atoms with Gasteiger partial charge in [0.2, 0.25) is 0 Å². The Hall–Kier alpha value is -2.06. The molecule has 0 unspecified atom stereocenters. The van der Waals surface area contributed by atoms with Crippen LogP contribution in [-0.4, -0.2) is 9.13 Å². The molecular formula is C18H19BrN2O2. The summed E-state index contributed by atoms with van der Waals surface area (Å²) < 4.78 is 2.70. The second-order valence-corrected chi connectivity index (χ2v) is 7.24. The molecule has 0 saturated carbocycles. The molecule has 120 valence electrons. The number of hydrogen-bond donors (Lipinski definition) is 0. The van der Waals surface area contributed by atoms with Crippen molar-refractivity contribution < 1.29 is 0 Å². The third kappa shape index (κ3) is 3.48. The molecule has 0 atom stereocenters. The van der Waals surface area contributed by atoms with Crippen LogP contribution in [0.5, 0.6) is 0 Å². The summed E-state index contributed by atoms with van der Waals surface area (Å²) in [5.74, 6) is 5.92. The number of halogens is 1. The normalized spacial score (nSPS) is 11.0. The minimum Gasteiger partial charge on any atom is -0.288 e. The Balaban J connectivity index is 2.48. The molecule has 0 N–H and O–H groups in total. The fourth-order valence-electron chi connectivity index (χ4n) is 2.13. The maximum absolute atomic E-state index is 12.0. The Kier molecular flexibility index (Phi) is 4.67. The first-order valence-electron chi connectivity index (χ1n) is 7.21. The lowest BCUT2D eigenvalue weighted by atomic mass is 9.87. The van der Waals surface area contributed by atoms with Gasteiger partial charge >= 0.3 is 5.69 Å². The van der Waals surface area contributed by atoms with E-state index in [1.165, 1.54) is 17.2 Å². The summed E-state index contributed by atoms with van der Waals surface area (Å²) in [6, 6.07) is 7.98. The maximum atomic E-state index is 12.0. The van der Waals surface area contributed by atoms with Gasteiger partial charge in [-0.3, -0.25) is 13.9 Å². The van der Waals surface area contributed by atoms with Crippen molar-refractivity contribution in [1.82, 2.24) is 9.13 Å². The monoisotopic (exact) mass is 374 g/mol. The van der Waals surface area contributed by atoms with Gasteiger partial charge in [-0.2, -0.15) is 0 Å². The lowest BCUT2D eigenvalue weighted by Gasteiger charge is -2.18. The van der Waals surface area contributed by atoms with Crippen LogP contribution in [0.4, 0.5) is 0 Å². The Morgan fingerprint density at radius 2 is 1.52 bits per heavy atom. The number of aromatic nitrogens is 2. The smallest absolute Gasteiger partial charge is 0.288 e. The molecule has 2 aromatic rings. The summed E-state index contributed by atoms with van der Waals surface area (Å²) in [6.07, 6.45) is 0. The van der Waals surface area contributed by atoms with Crippen molar-refractivity contribution in [2.45, 2.75) is 26.2 Å². The average Bonchev–Trinajstić information content (AvgIpc) is 2.50. The molecule has 2 rings (SSSR count). The maximum Gasteiger partial charge on any atom is 0.331 e. The first kappa shape index (κ1) is 17.3. The zero-order valence-electron chi connectivity index (χ0n) is 13.9. The van der Waals surface area contributed by atoms with Gasteiger partial charge in [-0.05, 0) is 45.0 Å². The largest absolute Gasteiger partial charge is 0.331 e. The molecule has 1 aromatic heterocycles. The molecule has 1 heterocycles. The van der Waals surface area contributed by atoms with Gasteiger partial charge in [0, 0.05) is 19.7 Å². The Morgan fingerprint density at radius 1 is 0.957 bits per heavy atom. The third-order valence-electron chi connectivity index (χ3n) is 3.69. The zero-order valence-corrected chi connectivity index (χ0v) is 15.5. The summed E-state index contributed by atoms with van der Waals surface area (Å²) in [4.78, 5) is 23.9. The van der Waals surface area contributed by atoms with Gasteiger partial charge in [-0.25, -0.2) is 4.79 Å². The van der Waals surface area contributed by atoms with Crippen molar-refractivity contribution in [3.05, 3.63) is 66.4 Å². The van der Waals surface area contributed by atoms with Crippen LogP contribution in [0, 0.1) is 11.8 Å². The van der Waals surface area contributed by atoms with E-state index >= 15 is 0 Å². The molecule has 4 nitrogen and oxygen atoms in total. The number of hydrogen-bond acceptors (Lipinski definition) is 2. The van der Waals surface area contributed by atoms with Gasteiger partial charge < -0.3 is 0 Å². The second-order valence-electron chi connectivity index (χ2n) is 6.45. The van der Waals surface area contributed by atoms with Crippen LogP contribution in [0.1, 0.15) is 37.6 Å². The van der Waals surface area contributed by atoms with E-state index in [4.69, 9.17) is 0 Å². The highest BCUT2D eigenvalue weighted by molar-refractivity contribution is 9.10. The van der Waals surface area contributed by atoms with Gasteiger partial charge in [0.15, 0.2) is 0 Å². The predicted octanol–water partition coefficient (Wildman–Crippen LogP) is 2.54. The van der Waals surface area contributed by atoms with E-state index in [1.807, 2.05) is 24.3 Å². The first-order valence-corrected chi connectivity index (χ1v) is 8.00. The van der Waals surface area contributed by atoms with E-state index in [2.05, 4.69) is 48.5 Å². The van der Waals surface area contributed by atoms with Gasteiger partial charge in [0.1, 0.15) is 10.2 Å². The predicted molar refractivity (Wildman–Crippen MR) is 95.7 cm³/mol. The SMILES string of the molecule is Cn1c(C#Cc2ccc(C(C)(C)C)cc2)c(Br)c(=O)n(C)c1=O. The summed E-state index contributed by atoms with van der Waals surface area (Å²) >= 11 is 3.23. The topological polar surface area (TPSA) is 44.0 Å². The van der Waals surface area contributed by atoms with E-state index < -0.39 is 5.69 Å². The molecule has 0 aliphatic carbocycles. The van der Waals surface area contributed by atoms with Crippen molar-refractivity contribution in [2.75, 3.05) is 0 Å². The Labute approximate surface area is 143 Å². The van der Waals surface area contributed by atoms with E-state index in [9.17, 15) is 9.59 Å². The molecule has 0 saturated heterocycles. The highest BCUT2D eigenvalue weighted by Gasteiger charge is 2.13. The van der Waals surface area contributed by atoms with Gasteiger partial charge in [0.05, 0.1) is 0 Å². The minimum absolute atomic E-state index is 0.0878. The fourth-order valence-corrected chi connectivity index (χ4v) is 2.76. The lowest BCUT2D eigenvalue weighted by Crippen LogP contribution is -2.38. The molecule has 0 radical (unpaired) electrons. The van der Waals surface area contributed by atoms with Crippen molar-refractivity contribution >= 4 is 15.9 Å². The van der Waals surface area contributed by atoms with Crippen LogP contribution in [0.3, 0.4) is 0 Å². The van der Waals surface area contributed by atoms with Crippen molar-refractivity contribution in [3.63, 3.8) is 0 Å². The highest BCUT2D eigenvalue weighted by Crippen LogP contribution is 2.22. The quantitative estimate of drug-likeness (QED) is 0.665. The summed E-state index contributed by atoms with van der Waals surface area (Å²) in [5.41, 5.74) is 1.73. The first-order chi connectivity index (χ1) is 10.6. The molecule has 5 heteroatoms. The van der Waals surface area contributed by atoms with Crippen LogP contribution in [-0.2, 0) is 19.5 Å². The molecular weight excluding hydrogens is 356 g/mol. The van der Waals surface area contributed by atoms with Crippen molar-refractivity contribution in [3.8, 4) is 11.8 Å². The van der Waals surface area contributed by atoms with Crippen molar-refractivity contribution in [1.29, 1.82) is 0 Å². The molecule has 0 bridgehead atoms. The van der Waals surface area contributed by atoms with Gasteiger partial charge in [0.25, 0.3) is 5.56 Å². The van der Waals surface area contributed by atoms with Crippen LogP contribution < -0.4 is 11.2 Å².